The predicted octanol–water partition coefficient (Wildman–Crippen LogP) is 4.64. The summed E-state index contributed by atoms with van der Waals surface area (Å²) in [6, 6.07) is 9.12. The zero-order valence-electron chi connectivity index (χ0n) is 12.0. The molecule has 0 saturated heterocycles. The Morgan fingerprint density at radius 3 is 2.42 bits per heavy atom. The lowest BCUT2D eigenvalue weighted by atomic mass is 9.83. The van der Waals surface area contributed by atoms with Gasteiger partial charge in [-0.3, -0.25) is 0 Å². The number of rotatable bonds is 5. The van der Waals surface area contributed by atoms with Crippen molar-refractivity contribution in [1.29, 1.82) is 0 Å². The first kappa shape index (κ1) is 15.3. The zero-order valence-corrected chi connectivity index (χ0v) is 14.2. The Bertz CT molecular complexity index is 360. The van der Waals surface area contributed by atoms with E-state index in [0.29, 0.717) is 0 Å². The molecule has 1 N–H and O–H groups in total. The summed E-state index contributed by atoms with van der Waals surface area (Å²) in [7, 11) is 0. The SMILES string of the molecule is CCNCC1CCCCCC1Cc1ccc(I)cc1. The summed E-state index contributed by atoms with van der Waals surface area (Å²) in [5.74, 6) is 1.75. The van der Waals surface area contributed by atoms with Gasteiger partial charge in [0.15, 0.2) is 0 Å². The minimum Gasteiger partial charge on any atom is -0.317 e. The molecule has 0 bridgehead atoms. The van der Waals surface area contributed by atoms with E-state index in [4.69, 9.17) is 0 Å². The van der Waals surface area contributed by atoms with Gasteiger partial charge in [-0.1, -0.05) is 38.3 Å². The summed E-state index contributed by atoms with van der Waals surface area (Å²) < 4.78 is 1.34. The Morgan fingerprint density at radius 2 is 1.74 bits per heavy atom. The van der Waals surface area contributed by atoms with Gasteiger partial charge in [0.1, 0.15) is 0 Å². The van der Waals surface area contributed by atoms with Crippen LogP contribution in [0.3, 0.4) is 0 Å². The molecule has 1 aromatic rings. The van der Waals surface area contributed by atoms with Crippen molar-refractivity contribution in [3.05, 3.63) is 33.4 Å². The van der Waals surface area contributed by atoms with E-state index in [1.54, 1.807) is 0 Å². The van der Waals surface area contributed by atoms with Crippen LogP contribution >= 0.6 is 22.6 Å². The third kappa shape index (κ3) is 5.07. The van der Waals surface area contributed by atoms with Crippen LogP contribution in [0.15, 0.2) is 24.3 Å². The first-order valence-electron chi connectivity index (χ1n) is 7.74. The van der Waals surface area contributed by atoms with E-state index in [-0.39, 0.29) is 0 Å². The van der Waals surface area contributed by atoms with E-state index in [2.05, 4.69) is 59.1 Å². The highest BCUT2D eigenvalue weighted by Gasteiger charge is 2.23. The number of nitrogens with one attached hydrogen (secondary N) is 1. The average molecular weight is 371 g/mol. The maximum Gasteiger partial charge on any atom is 0.0130 e. The molecule has 0 aromatic heterocycles. The minimum absolute atomic E-state index is 0.876. The third-order valence-corrected chi connectivity index (χ3v) is 5.10. The molecule has 0 spiro atoms. The maximum atomic E-state index is 3.57. The topological polar surface area (TPSA) is 12.0 Å². The van der Waals surface area contributed by atoms with E-state index >= 15 is 0 Å². The van der Waals surface area contributed by atoms with Crippen molar-refractivity contribution in [2.24, 2.45) is 11.8 Å². The second kappa shape index (κ2) is 8.25. The van der Waals surface area contributed by atoms with Crippen LogP contribution in [0, 0.1) is 15.4 Å². The lowest BCUT2D eigenvalue weighted by molar-refractivity contribution is 0.299. The van der Waals surface area contributed by atoms with Crippen LogP contribution in [0.25, 0.3) is 0 Å². The van der Waals surface area contributed by atoms with Crippen LogP contribution in [0.1, 0.15) is 44.6 Å². The first-order valence-corrected chi connectivity index (χ1v) is 8.82. The molecule has 1 nitrogen and oxygen atoms in total. The number of hydrogen-bond donors (Lipinski definition) is 1. The highest BCUT2D eigenvalue weighted by atomic mass is 127. The largest absolute Gasteiger partial charge is 0.317 e. The number of halogens is 1. The monoisotopic (exact) mass is 371 g/mol. The molecule has 0 heterocycles. The highest BCUT2D eigenvalue weighted by Crippen LogP contribution is 2.31. The van der Waals surface area contributed by atoms with Crippen molar-refractivity contribution < 1.29 is 0 Å². The highest BCUT2D eigenvalue weighted by molar-refractivity contribution is 14.1. The van der Waals surface area contributed by atoms with Crippen molar-refractivity contribution in [2.45, 2.75) is 45.4 Å². The van der Waals surface area contributed by atoms with Gasteiger partial charge in [0.25, 0.3) is 0 Å². The molecule has 0 amide bonds. The molecule has 1 aliphatic rings. The van der Waals surface area contributed by atoms with Gasteiger partial charge in [-0.05, 0) is 84.5 Å². The fraction of sp³-hybridized carbons (Fsp3) is 0.647. The second-order valence-corrected chi connectivity index (χ2v) is 7.04. The Labute approximate surface area is 131 Å². The van der Waals surface area contributed by atoms with E-state index < -0.39 is 0 Å². The van der Waals surface area contributed by atoms with Crippen molar-refractivity contribution in [2.75, 3.05) is 13.1 Å². The summed E-state index contributed by atoms with van der Waals surface area (Å²) in [6.45, 7) is 4.53. The van der Waals surface area contributed by atoms with Gasteiger partial charge in [-0.2, -0.15) is 0 Å². The van der Waals surface area contributed by atoms with Gasteiger partial charge in [0.2, 0.25) is 0 Å². The van der Waals surface area contributed by atoms with E-state index in [1.165, 1.54) is 54.2 Å². The molecule has 1 aromatic carbocycles. The molecular weight excluding hydrogens is 345 g/mol. The quantitative estimate of drug-likeness (QED) is 0.587. The first-order chi connectivity index (χ1) is 9.29. The fourth-order valence-electron chi connectivity index (χ4n) is 3.25. The van der Waals surface area contributed by atoms with Gasteiger partial charge < -0.3 is 5.32 Å². The van der Waals surface area contributed by atoms with Crippen molar-refractivity contribution in [3.63, 3.8) is 0 Å². The molecule has 0 aliphatic heterocycles. The van der Waals surface area contributed by atoms with Crippen molar-refractivity contribution >= 4 is 22.6 Å². The summed E-state index contributed by atoms with van der Waals surface area (Å²) >= 11 is 2.39. The smallest absolute Gasteiger partial charge is 0.0130 e. The molecule has 1 saturated carbocycles. The van der Waals surface area contributed by atoms with Crippen LogP contribution in [0.2, 0.25) is 0 Å². The lowest BCUT2D eigenvalue weighted by Gasteiger charge is -2.25. The average Bonchev–Trinajstić information content (AvgIpc) is 2.64. The van der Waals surface area contributed by atoms with Crippen molar-refractivity contribution in [1.82, 2.24) is 5.32 Å². The van der Waals surface area contributed by atoms with Gasteiger partial charge >= 0.3 is 0 Å². The van der Waals surface area contributed by atoms with E-state index in [9.17, 15) is 0 Å². The van der Waals surface area contributed by atoms with Crippen molar-refractivity contribution in [3.8, 4) is 0 Å². The Hall–Kier alpha value is -0.0900. The third-order valence-electron chi connectivity index (χ3n) is 4.38. The van der Waals surface area contributed by atoms with Crippen LogP contribution in [-0.2, 0) is 6.42 Å². The Balaban J connectivity index is 1.98. The van der Waals surface area contributed by atoms with Crippen LogP contribution in [0.4, 0.5) is 0 Å². The lowest BCUT2D eigenvalue weighted by Crippen LogP contribution is -2.28. The van der Waals surface area contributed by atoms with E-state index in [0.717, 1.165) is 18.4 Å². The molecule has 2 atom stereocenters. The molecule has 106 valence electrons. The molecule has 19 heavy (non-hydrogen) atoms. The fourth-order valence-corrected chi connectivity index (χ4v) is 3.61. The minimum atomic E-state index is 0.876. The van der Waals surface area contributed by atoms with Gasteiger partial charge in [0, 0.05) is 3.57 Å². The van der Waals surface area contributed by atoms with Crippen LogP contribution < -0.4 is 5.32 Å². The normalized spacial score (nSPS) is 24.1. The maximum absolute atomic E-state index is 3.57. The molecule has 2 heteroatoms. The second-order valence-electron chi connectivity index (χ2n) is 5.80. The summed E-state index contributed by atoms with van der Waals surface area (Å²) in [6.07, 6.45) is 8.40. The summed E-state index contributed by atoms with van der Waals surface area (Å²) in [5.41, 5.74) is 1.52. The van der Waals surface area contributed by atoms with E-state index in [1.807, 2.05) is 0 Å². The standard InChI is InChI=1S/C17H26IN/c1-2-19-13-16-7-5-3-4-6-15(16)12-14-8-10-17(18)11-9-14/h8-11,15-16,19H,2-7,12-13H2,1H3. The van der Waals surface area contributed by atoms with Gasteiger partial charge in [0.05, 0.1) is 0 Å². The van der Waals surface area contributed by atoms with Gasteiger partial charge in [-0.25, -0.2) is 0 Å². The van der Waals surface area contributed by atoms with Gasteiger partial charge in [-0.15, -0.1) is 0 Å². The van der Waals surface area contributed by atoms with Crippen LogP contribution in [0.5, 0.6) is 0 Å². The number of benzene rings is 1. The predicted molar refractivity (Wildman–Crippen MR) is 91.5 cm³/mol. The Kier molecular flexibility index (Phi) is 6.65. The van der Waals surface area contributed by atoms with Crippen LogP contribution in [-0.4, -0.2) is 13.1 Å². The molecule has 1 aliphatic carbocycles. The summed E-state index contributed by atoms with van der Waals surface area (Å²) in [4.78, 5) is 0. The molecule has 2 rings (SSSR count). The summed E-state index contributed by atoms with van der Waals surface area (Å²) in [5, 5.41) is 3.57. The molecular formula is C17H26IN. The Morgan fingerprint density at radius 1 is 1.05 bits per heavy atom. The zero-order chi connectivity index (χ0) is 13.5. The molecule has 1 fully saturated rings. The molecule has 2 unspecified atom stereocenters. The molecule has 0 radical (unpaired) electrons. The number of hydrogen-bond acceptors (Lipinski definition) is 1.